The molecule has 70 valence electrons. The first kappa shape index (κ1) is 14.0. The van der Waals surface area contributed by atoms with Crippen LogP contribution in [-0.2, 0) is 0 Å². The highest BCUT2D eigenvalue weighted by molar-refractivity contribution is 5.85. The summed E-state index contributed by atoms with van der Waals surface area (Å²) in [5.74, 6) is 0. The highest BCUT2D eigenvalue weighted by Crippen LogP contribution is 1.99. The summed E-state index contributed by atoms with van der Waals surface area (Å²) >= 11 is 0. The topological polar surface area (TPSA) is 44.3 Å². The van der Waals surface area contributed by atoms with Crippen molar-refractivity contribution in [1.29, 1.82) is 0 Å². The first-order chi connectivity index (χ1) is 4.21. The van der Waals surface area contributed by atoms with Crippen molar-refractivity contribution in [2.45, 2.75) is 12.5 Å². The van der Waals surface area contributed by atoms with E-state index in [1.807, 2.05) is 6.92 Å². The summed E-state index contributed by atoms with van der Waals surface area (Å²) in [6.45, 7) is 5.13. The summed E-state index contributed by atoms with van der Waals surface area (Å²) in [5.41, 5.74) is -0.559. The molecular weight excluding hydrogens is 187 g/mol. The number of hydrogen-bond donors (Lipinski definition) is 3. The van der Waals surface area contributed by atoms with Crippen molar-refractivity contribution in [2.75, 3.05) is 26.2 Å². The largest absolute Gasteiger partial charge is 0.388 e. The van der Waals surface area contributed by atoms with Crippen LogP contribution in [0.3, 0.4) is 0 Å². The molecule has 0 saturated carbocycles. The monoisotopic (exact) mass is 202 g/mol. The fraction of sp³-hybridized carbons (Fsp3) is 1.00. The summed E-state index contributed by atoms with van der Waals surface area (Å²) in [5, 5.41) is 15.7. The average Bonchev–Trinajstić information content (AvgIpc) is 1.92. The lowest BCUT2D eigenvalue weighted by Crippen LogP contribution is -2.41. The lowest BCUT2D eigenvalue weighted by atomic mass is 10.1. The van der Waals surface area contributed by atoms with Crippen LogP contribution in [-0.4, -0.2) is 36.9 Å². The zero-order valence-corrected chi connectivity index (χ0v) is 8.23. The highest BCUT2D eigenvalue weighted by Gasteiger charge is 2.20. The molecule has 3 N–H and O–H groups in total. The molecule has 0 bridgehead atoms. The molecule has 0 amide bonds. The van der Waals surface area contributed by atoms with E-state index >= 15 is 0 Å². The molecule has 3 nitrogen and oxygen atoms in total. The van der Waals surface area contributed by atoms with Crippen LogP contribution in [0.4, 0.5) is 0 Å². The molecule has 11 heavy (non-hydrogen) atoms. The van der Waals surface area contributed by atoms with Gasteiger partial charge in [0.1, 0.15) is 0 Å². The predicted molar refractivity (Wildman–Crippen MR) is 50.9 cm³/mol. The molecule has 0 aromatic carbocycles. The third kappa shape index (κ3) is 5.70. The quantitative estimate of drug-likeness (QED) is 0.509. The van der Waals surface area contributed by atoms with Crippen molar-refractivity contribution in [2.24, 2.45) is 0 Å². The maximum absolute atomic E-state index is 9.43. The SMILES string of the molecule is CC1(O)CNCCNC1.Cl.Cl. The van der Waals surface area contributed by atoms with Crippen molar-refractivity contribution in [3.63, 3.8) is 0 Å². The molecule has 1 fully saturated rings. The van der Waals surface area contributed by atoms with Gasteiger partial charge in [-0.15, -0.1) is 24.8 Å². The molecule has 1 aliphatic heterocycles. The number of rotatable bonds is 0. The minimum atomic E-state index is -0.559. The second-order valence-corrected chi connectivity index (χ2v) is 2.85. The molecule has 5 heteroatoms. The van der Waals surface area contributed by atoms with E-state index in [4.69, 9.17) is 0 Å². The van der Waals surface area contributed by atoms with Crippen molar-refractivity contribution in [3.8, 4) is 0 Å². The summed E-state index contributed by atoms with van der Waals surface area (Å²) in [4.78, 5) is 0. The molecule has 0 spiro atoms. The summed E-state index contributed by atoms with van der Waals surface area (Å²) in [7, 11) is 0. The Balaban J connectivity index is 0. The Morgan fingerprint density at radius 2 is 1.45 bits per heavy atom. The van der Waals surface area contributed by atoms with E-state index in [9.17, 15) is 5.11 Å². The minimum absolute atomic E-state index is 0. The lowest BCUT2D eigenvalue weighted by molar-refractivity contribution is 0.0676. The lowest BCUT2D eigenvalue weighted by Gasteiger charge is -2.19. The van der Waals surface area contributed by atoms with Gasteiger partial charge in [0.2, 0.25) is 0 Å². The van der Waals surface area contributed by atoms with Gasteiger partial charge >= 0.3 is 0 Å². The Bertz CT molecular complexity index is 90.6. The normalized spacial score (nSPS) is 22.4. The van der Waals surface area contributed by atoms with Gasteiger partial charge in [0, 0.05) is 26.2 Å². The Morgan fingerprint density at radius 3 is 1.82 bits per heavy atom. The van der Waals surface area contributed by atoms with Crippen LogP contribution in [0.2, 0.25) is 0 Å². The van der Waals surface area contributed by atoms with E-state index in [0.29, 0.717) is 13.1 Å². The van der Waals surface area contributed by atoms with Crippen LogP contribution in [0.5, 0.6) is 0 Å². The average molecular weight is 203 g/mol. The number of β-amino-alcohol motifs (C(OH)–C–C–N with tert-alkyl or cyclic N) is 1. The fourth-order valence-electron chi connectivity index (χ4n) is 0.955. The van der Waals surface area contributed by atoms with Crippen LogP contribution in [0.1, 0.15) is 6.92 Å². The van der Waals surface area contributed by atoms with Gasteiger partial charge in [-0.1, -0.05) is 0 Å². The van der Waals surface area contributed by atoms with Crippen LogP contribution < -0.4 is 10.6 Å². The first-order valence-electron chi connectivity index (χ1n) is 3.34. The van der Waals surface area contributed by atoms with E-state index in [-0.39, 0.29) is 24.8 Å². The molecule has 1 heterocycles. The predicted octanol–water partition coefficient (Wildman–Crippen LogP) is -0.226. The van der Waals surface area contributed by atoms with Crippen LogP contribution >= 0.6 is 24.8 Å². The van der Waals surface area contributed by atoms with Crippen molar-refractivity contribution >= 4 is 24.8 Å². The maximum Gasteiger partial charge on any atom is 0.0867 e. The van der Waals surface area contributed by atoms with Gasteiger partial charge in [0.05, 0.1) is 5.60 Å². The summed E-state index contributed by atoms with van der Waals surface area (Å²) < 4.78 is 0. The Kier molecular flexibility index (Phi) is 7.68. The number of halogens is 2. The van der Waals surface area contributed by atoms with Crippen LogP contribution in [0.25, 0.3) is 0 Å². The van der Waals surface area contributed by atoms with Crippen molar-refractivity contribution < 1.29 is 5.11 Å². The Morgan fingerprint density at radius 1 is 1.09 bits per heavy atom. The van der Waals surface area contributed by atoms with E-state index in [2.05, 4.69) is 10.6 Å². The van der Waals surface area contributed by atoms with Gasteiger partial charge in [-0.05, 0) is 6.92 Å². The van der Waals surface area contributed by atoms with Gasteiger partial charge in [-0.2, -0.15) is 0 Å². The molecule has 0 aromatic rings. The number of hydrogen-bond acceptors (Lipinski definition) is 3. The maximum atomic E-state index is 9.43. The third-order valence-corrected chi connectivity index (χ3v) is 1.49. The summed E-state index contributed by atoms with van der Waals surface area (Å²) in [6.07, 6.45) is 0. The van der Waals surface area contributed by atoms with Gasteiger partial charge in [-0.25, -0.2) is 0 Å². The molecule has 0 aromatic heterocycles. The summed E-state index contributed by atoms with van der Waals surface area (Å²) in [6, 6.07) is 0. The third-order valence-electron chi connectivity index (χ3n) is 1.49. The fourth-order valence-corrected chi connectivity index (χ4v) is 0.955. The van der Waals surface area contributed by atoms with E-state index in [1.165, 1.54) is 0 Å². The zero-order valence-electron chi connectivity index (χ0n) is 6.59. The molecule has 1 aliphatic rings. The second-order valence-electron chi connectivity index (χ2n) is 2.85. The van der Waals surface area contributed by atoms with Gasteiger partial charge in [-0.3, -0.25) is 0 Å². The van der Waals surface area contributed by atoms with Gasteiger partial charge < -0.3 is 15.7 Å². The molecule has 1 saturated heterocycles. The van der Waals surface area contributed by atoms with Gasteiger partial charge in [0.15, 0.2) is 0 Å². The number of aliphatic hydroxyl groups is 1. The van der Waals surface area contributed by atoms with Crippen LogP contribution in [0.15, 0.2) is 0 Å². The minimum Gasteiger partial charge on any atom is -0.388 e. The van der Waals surface area contributed by atoms with Gasteiger partial charge in [0.25, 0.3) is 0 Å². The molecule has 0 atom stereocenters. The van der Waals surface area contributed by atoms with Crippen molar-refractivity contribution in [3.05, 3.63) is 0 Å². The highest BCUT2D eigenvalue weighted by atomic mass is 35.5. The standard InChI is InChI=1S/C6H14N2O.2ClH/c1-6(9)4-7-2-3-8-5-6;;/h7-9H,2-5H2,1H3;2*1H. The molecule has 0 radical (unpaired) electrons. The zero-order chi connectivity index (χ0) is 6.74. The molecule has 0 aliphatic carbocycles. The van der Waals surface area contributed by atoms with Crippen LogP contribution in [0, 0.1) is 0 Å². The van der Waals surface area contributed by atoms with E-state index in [1.54, 1.807) is 0 Å². The second kappa shape index (κ2) is 6.03. The first-order valence-corrected chi connectivity index (χ1v) is 3.34. The van der Waals surface area contributed by atoms with E-state index in [0.717, 1.165) is 13.1 Å². The molecular formula is C6H16Cl2N2O. The van der Waals surface area contributed by atoms with Crippen molar-refractivity contribution in [1.82, 2.24) is 10.6 Å². The van der Waals surface area contributed by atoms with E-state index < -0.39 is 5.60 Å². The smallest absolute Gasteiger partial charge is 0.0867 e. The Labute approximate surface area is 79.8 Å². The number of nitrogens with one attached hydrogen (secondary N) is 2. The molecule has 0 unspecified atom stereocenters. The molecule has 1 rings (SSSR count). The Hall–Kier alpha value is 0.460.